The summed E-state index contributed by atoms with van der Waals surface area (Å²) in [6, 6.07) is 26.8. The van der Waals surface area contributed by atoms with E-state index in [1.807, 2.05) is 55.5 Å². The molecule has 0 saturated carbocycles. The first-order valence-corrected chi connectivity index (χ1v) is 16.4. The van der Waals surface area contributed by atoms with E-state index in [2.05, 4.69) is 50.4 Å². The second-order valence-corrected chi connectivity index (χ2v) is 14.3. The van der Waals surface area contributed by atoms with Crippen molar-refractivity contribution in [2.75, 3.05) is 13.3 Å². The highest BCUT2D eigenvalue weighted by Crippen LogP contribution is 2.52. The van der Waals surface area contributed by atoms with Crippen molar-refractivity contribution in [2.45, 2.75) is 64.0 Å². The number of carbonyl (C=O) groups excluding carboxylic acids is 1. The SMILES string of the molecule is Cc1ccccc1C1C(c2cc(Cl)ccc2F)C(CC(C)(C)C)N(CNC(=O)OCC2c3ccccc3-c3ccccc32)C1C(=O)O. The van der Waals surface area contributed by atoms with Crippen LogP contribution in [0.5, 0.6) is 0 Å². The van der Waals surface area contributed by atoms with E-state index in [9.17, 15) is 14.7 Å². The summed E-state index contributed by atoms with van der Waals surface area (Å²) in [5.41, 5.74) is 6.33. The number of likely N-dealkylation sites (tertiary alicyclic amines) is 1. The Balaban J connectivity index is 1.31. The topological polar surface area (TPSA) is 78.9 Å². The summed E-state index contributed by atoms with van der Waals surface area (Å²) in [6.45, 7) is 8.21. The standard InChI is InChI=1S/C39H40ClFN2O4/c1-23-11-5-6-12-25(23)35-34(30-19-24(40)17-18-32(30)41)33(20-39(2,3)4)43(36(35)37(44)45)22-42-38(46)47-21-31-28-15-9-7-13-26(28)27-14-8-10-16-29(27)31/h5-19,31,33-36H,20-22H2,1-4H3,(H,42,46)(H,44,45). The molecule has 244 valence electrons. The first kappa shape index (κ1) is 32.7. The average molecular weight is 655 g/mol. The normalized spacial score (nSPS) is 20.9. The van der Waals surface area contributed by atoms with Crippen LogP contribution >= 0.6 is 11.6 Å². The molecule has 4 aromatic carbocycles. The Hall–Kier alpha value is -4.20. The second-order valence-electron chi connectivity index (χ2n) is 13.9. The second kappa shape index (κ2) is 13.1. The van der Waals surface area contributed by atoms with Gasteiger partial charge in [-0.1, -0.05) is 105 Å². The number of aryl methyl sites for hydroxylation is 1. The van der Waals surface area contributed by atoms with Crippen LogP contribution in [0.1, 0.15) is 72.8 Å². The van der Waals surface area contributed by atoms with Gasteiger partial charge in [-0.05, 0) is 75.9 Å². The number of carboxylic acid groups (broad SMARTS) is 1. The molecule has 4 unspecified atom stereocenters. The van der Waals surface area contributed by atoms with Crippen LogP contribution in [0.15, 0.2) is 91.0 Å². The van der Waals surface area contributed by atoms with Gasteiger partial charge in [-0.2, -0.15) is 0 Å². The molecule has 2 aliphatic rings. The van der Waals surface area contributed by atoms with Gasteiger partial charge in [0.05, 0.1) is 6.67 Å². The van der Waals surface area contributed by atoms with Crippen molar-refractivity contribution in [3.05, 3.63) is 130 Å². The number of rotatable bonds is 8. The number of halogens is 2. The first-order chi connectivity index (χ1) is 22.4. The molecule has 1 heterocycles. The van der Waals surface area contributed by atoms with E-state index in [0.29, 0.717) is 17.0 Å². The Morgan fingerprint density at radius 2 is 1.47 bits per heavy atom. The van der Waals surface area contributed by atoms with Crippen LogP contribution in [0.25, 0.3) is 11.1 Å². The highest BCUT2D eigenvalue weighted by molar-refractivity contribution is 6.30. The first-order valence-electron chi connectivity index (χ1n) is 16.0. The van der Waals surface area contributed by atoms with Crippen molar-refractivity contribution in [1.29, 1.82) is 0 Å². The minimum atomic E-state index is -1.05. The van der Waals surface area contributed by atoms with Crippen LogP contribution in [-0.4, -0.2) is 47.4 Å². The minimum Gasteiger partial charge on any atom is -0.480 e. The van der Waals surface area contributed by atoms with Crippen LogP contribution in [-0.2, 0) is 9.53 Å². The Kier molecular flexibility index (Phi) is 9.14. The molecule has 1 saturated heterocycles. The van der Waals surface area contributed by atoms with Crippen molar-refractivity contribution in [3.8, 4) is 11.1 Å². The van der Waals surface area contributed by atoms with Gasteiger partial charge in [-0.15, -0.1) is 0 Å². The Morgan fingerprint density at radius 3 is 2.06 bits per heavy atom. The predicted octanol–water partition coefficient (Wildman–Crippen LogP) is 8.72. The van der Waals surface area contributed by atoms with Gasteiger partial charge in [0.25, 0.3) is 0 Å². The highest BCUT2D eigenvalue weighted by atomic mass is 35.5. The molecule has 0 spiro atoms. The summed E-state index contributed by atoms with van der Waals surface area (Å²) >= 11 is 6.42. The third kappa shape index (κ3) is 6.52. The molecule has 4 aromatic rings. The molecular formula is C39H40ClFN2O4. The molecule has 6 nitrogen and oxygen atoms in total. The van der Waals surface area contributed by atoms with E-state index in [-0.39, 0.29) is 24.6 Å². The number of aliphatic carboxylic acids is 1. The van der Waals surface area contributed by atoms with Gasteiger partial charge in [0.15, 0.2) is 0 Å². The number of benzene rings is 4. The number of fused-ring (bicyclic) bond motifs is 3. The summed E-state index contributed by atoms with van der Waals surface area (Å²) < 4.78 is 21.5. The summed E-state index contributed by atoms with van der Waals surface area (Å²) in [5, 5.41) is 14.0. The fourth-order valence-electron chi connectivity index (χ4n) is 7.74. The molecule has 1 aliphatic carbocycles. The van der Waals surface area contributed by atoms with Crippen molar-refractivity contribution in [3.63, 3.8) is 0 Å². The molecule has 0 bridgehead atoms. The monoisotopic (exact) mass is 654 g/mol. The number of nitrogens with zero attached hydrogens (tertiary/aromatic N) is 1. The van der Waals surface area contributed by atoms with E-state index in [1.165, 1.54) is 12.1 Å². The fourth-order valence-corrected chi connectivity index (χ4v) is 7.92. The van der Waals surface area contributed by atoms with E-state index >= 15 is 4.39 Å². The molecule has 1 fully saturated rings. The molecule has 2 N–H and O–H groups in total. The molecule has 1 aliphatic heterocycles. The van der Waals surface area contributed by atoms with Crippen LogP contribution < -0.4 is 5.32 Å². The van der Waals surface area contributed by atoms with Crippen molar-refractivity contribution < 1.29 is 23.8 Å². The van der Waals surface area contributed by atoms with Crippen LogP contribution in [0.4, 0.5) is 9.18 Å². The molecule has 0 radical (unpaired) electrons. The number of ether oxygens (including phenoxy) is 1. The zero-order valence-electron chi connectivity index (χ0n) is 27.0. The van der Waals surface area contributed by atoms with Gasteiger partial charge >= 0.3 is 12.1 Å². The average Bonchev–Trinajstić information content (AvgIpc) is 3.52. The largest absolute Gasteiger partial charge is 0.480 e. The number of alkyl carbamates (subject to hydrolysis) is 1. The highest BCUT2D eigenvalue weighted by Gasteiger charge is 2.54. The van der Waals surface area contributed by atoms with Crippen LogP contribution in [0.3, 0.4) is 0 Å². The Morgan fingerprint density at radius 1 is 0.872 bits per heavy atom. The summed E-state index contributed by atoms with van der Waals surface area (Å²) in [6.07, 6.45) is -0.0994. The third-order valence-electron chi connectivity index (χ3n) is 9.61. The van der Waals surface area contributed by atoms with Crippen molar-refractivity contribution in [1.82, 2.24) is 10.2 Å². The van der Waals surface area contributed by atoms with Crippen molar-refractivity contribution >= 4 is 23.7 Å². The molecule has 0 aromatic heterocycles. The number of hydrogen-bond donors (Lipinski definition) is 2. The van der Waals surface area contributed by atoms with E-state index in [4.69, 9.17) is 16.3 Å². The lowest BCUT2D eigenvalue weighted by atomic mass is 9.73. The smallest absolute Gasteiger partial charge is 0.408 e. The van der Waals surface area contributed by atoms with E-state index in [0.717, 1.165) is 33.4 Å². The number of amides is 1. The predicted molar refractivity (Wildman–Crippen MR) is 182 cm³/mol. The number of carboxylic acids is 1. The zero-order chi connectivity index (χ0) is 33.5. The third-order valence-corrected chi connectivity index (χ3v) is 9.85. The van der Waals surface area contributed by atoms with Gasteiger partial charge < -0.3 is 15.2 Å². The number of carbonyl (C=O) groups is 2. The molecule has 47 heavy (non-hydrogen) atoms. The summed E-state index contributed by atoms with van der Waals surface area (Å²) in [7, 11) is 0. The van der Waals surface area contributed by atoms with Gasteiger partial charge in [-0.25, -0.2) is 9.18 Å². The quantitative estimate of drug-likeness (QED) is 0.199. The molecule has 1 amide bonds. The summed E-state index contributed by atoms with van der Waals surface area (Å²) in [5.74, 6) is -2.76. The van der Waals surface area contributed by atoms with Gasteiger partial charge in [0.2, 0.25) is 0 Å². The number of nitrogens with one attached hydrogen (secondary N) is 1. The molecular weight excluding hydrogens is 615 g/mol. The Bertz CT molecular complexity index is 1760. The lowest BCUT2D eigenvalue weighted by Crippen LogP contribution is -2.49. The van der Waals surface area contributed by atoms with Gasteiger partial charge in [0, 0.05) is 28.8 Å². The molecule has 4 atom stereocenters. The van der Waals surface area contributed by atoms with Crippen LogP contribution in [0, 0.1) is 18.2 Å². The molecule has 8 heteroatoms. The fraction of sp³-hybridized carbons (Fsp3) is 0.333. The Labute approximate surface area is 280 Å². The van der Waals surface area contributed by atoms with E-state index < -0.39 is 41.8 Å². The lowest BCUT2D eigenvalue weighted by molar-refractivity contribution is -0.143. The van der Waals surface area contributed by atoms with Crippen LogP contribution in [0.2, 0.25) is 5.02 Å². The zero-order valence-corrected chi connectivity index (χ0v) is 27.8. The maximum atomic E-state index is 15.7. The molecule has 6 rings (SSSR count). The van der Waals surface area contributed by atoms with Gasteiger partial charge in [0.1, 0.15) is 18.5 Å². The van der Waals surface area contributed by atoms with E-state index in [1.54, 1.807) is 11.0 Å². The summed E-state index contributed by atoms with van der Waals surface area (Å²) in [4.78, 5) is 28.3. The van der Waals surface area contributed by atoms with Gasteiger partial charge in [-0.3, -0.25) is 9.69 Å². The van der Waals surface area contributed by atoms with Crippen molar-refractivity contribution in [2.24, 2.45) is 5.41 Å². The maximum absolute atomic E-state index is 15.7. The lowest BCUT2D eigenvalue weighted by Gasteiger charge is -2.35. The minimum absolute atomic E-state index is 0.0878. The maximum Gasteiger partial charge on any atom is 0.408 e. The number of hydrogen-bond acceptors (Lipinski definition) is 4.